The molecule has 0 spiro atoms. The van der Waals surface area contributed by atoms with Crippen LogP contribution in [0.25, 0.3) is 11.0 Å². The van der Waals surface area contributed by atoms with Crippen LogP contribution in [0.4, 0.5) is 5.13 Å². The van der Waals surface area contributed by atoms with Gasteiger partial charge in [0, 0.05) is 8.95 Å². The molecule has 1 atom stereocenters. The van der Waals surface area contributed by atoms with Gasteiger partial charge in [0.15, 0.2) is 10.6 Å². The number of aromatic nitrogens is 1. The van der Waals surface area contributed by atoms with Crippen LogP contribution >= 0.6 is 43.2 Å². The minimum Gasteiger partial charge on any atom is -0.465 e. The van der Waals surface area contributed by atoms with Gasteiger partial charge in [0.05, 0.1) is 29.8 Å². The number of hydrogen-bond acceptors (Lipinski definition) is 7. The number of benzene rings is 2. The maximum atomic E-state index is 13.6. The van der Waals surface area contributed by atoms with Crippen molar-refractivity contribution in [1.82, 2.24) is 4.98 Å². The summed E-state index contributed by atoms with van der Waals surface area (Å²) in [5.74, 6) is -1.06. The number of thiazole rings is 1. The number of esters is 1. The van der Waals surface area contributed by atoms with E-state index in [-0.39, 0.29) is 21.9 Å². The standard InChI is InChI=1S/C23H14Br2N2O5S/c1-10-20(22(30)31-2)33-23(26-10)27-17(11-3-5-12(24)6-4-11)16-18(28)14-9-13(25)7-8-15(14)32-19(16)21(27)29/h3-9,17H,1-2H3. The number of rotatable bonds is 3. The van der Waals surface area contributed by atoms with Crippen LogP contribution in [0.3, 0.4) is 0 Å². The molecule has 166 valence electrons. The van der Waals surface area contributed by atoms with Crippen LogP contribution in [0, 0.1) is 6.92 Å². The average Bonchev–Trinajstić information content (AvgIpc) is 3.32. The molecule has 2 aromatic carbocycles. The van der Waals surface area contributed by atoms with Crippen molar-refractivity contribution < 1.29 is 18.7 Å². The summed E-state index contributed by atoms with van der Waals surface area (Å²) in [6.45, 7) is 1.67. The van der Waals surface area contributed by atoms with E-state index < -0.39 is 17.9 Å². The molecular weight excluding hydrogens is 576 g/mol. The molecule has 2 aromatic heterocycles. The molecule has 0 saturated carbocycles. The van der Waals surface area contributed by atoms with Gasteiger partial charge in [0.1, 0.15) is 10.5 Å². The van der Waals surface area contributed by atoms with Crippen LogP contribution in [0.5, 0.6) is 0 Å². The molecule has 1 unspecified atom stereocenters. The predicted molar refractivity (Wildman–Crippen MR) is 131 cm³/mol. The van der Waals surface area contributed by atoms with Crippen molar-refractivity contribution in [3.05, 3.63) is 89.1 Å². The molecule has 4 aromatic rings. The monoisotopic (exact) mass is 588 g/mol. The van der Waals surface area contributed by atoms with E-state index in [9.17, 15) is 14.4 Å². The Kier molecular flexibility index (Phi) is 5.46. The van der Waals surface area contributed by atoms with Gasteiger partial charge in [0.25, 0.3) is 5.91 Å². The summed E-state index contributed by atoms with van der Waals surface area (Å²) in [7, 11) is 1.29. The van der Waals surface area contributed by atoms with E-state index in [0.29, 0.717) is 27.1 Å². The Morgan fingerprint density at radius 3 is 2.52 bits per heavy atom. The Balaban J connectivity index is 1.78. The fraction of sp³-hybridized carbons (Fsp3) is 0.130. The molecule has 0 radical (unpaired) electrons. The first-order valence-corrected chi connectivity index (χ1v) is 12.1. The molecule has 7 nitrogen and oxygen atoms in total. The molecule has 1 amide bonds. The van der Waals surface area contributed by atoms with E-state index in [0.717, 1.165) is 20.3 Å². The molecule has 0 N–H and O–H groups in total. The molecule has 10 heteroatoms. The second-order valence-electron chi connectivity index (χ2n) is 7.35. The van der Waals surface area contributed by atoms with Crippen molar-refractivity contribution in [3.8, 4) is 0 Å². The SMILES string of the molecule is COC(=O)c1sc(N2C(=O)c3oc4ccc(Br)cc4c(=O)c3C2c2ccc(Br)cc2)nc1C. The van der Waals surface area contributed by atoms with Crippen molar-refractivity contribution in [1.29, 1.82) is 0 Å². The third-order valence-corrected chi connectivity index (χ3v) is 7.54. The summed E-state index contributed by atoms with van der Waals surface area (Å²) in [5, 5.41) is 0.646. The highest BCUT2D eigenvalue weighted by molar-refractivity contribution is 9.10. The van der Waals surface area contributed by atoms with Gasteiger partial charge in [-0.15, -0.1) is 0 Å². The minimum absolute atomic E-state index is 0.0322. The van der Waals surface area contributed by atoms with Gasteiger partial charge in [-0.05, 0) is 42.8 Å². The van der Waals surface area contributed by atoms with Crippen molar-refractivity contribution in [3.63, 3.8) is 0 Å². The van der Waals surface area contributed by atoms with Crippen LogP contribution in [-0.2, 0) is 4.74 Å². The molecule has 33 heavy (non-hydrogen) atoms. The highest BCUT2D eigenvalue weighted by Gasteiger charge is 2.45. The number of ether oxygens (including phenoxy) is 1. The summed E-state index contributed by atoms with van der Waals surface area (Å²) >= 11 is 7.85. The van der Waals surface area contributed by atoms with Crippen molar-refractivity contribution in [2.24, 2.45) is 0 Å². The lowest BCUT2D eigenvalue weighted by Crippen LogP contribution is -2.29. The maximum absolute atomic E-state index is 13.6. The first kappa shape index (κ1) is 22.0. The summed E-state index contributed by atoms with van der Waals surface area (Å²) in [6, 6.07) is 11.6. The number of nitrogens with zero attached hydrogens (tertiary/aromatic N) is 2. The smallest absolute Gasteiger partial charge is 0.350 e. The largest absolute Gasteiger partial charge is 0.465 e. The van der Waals surface area contributed by atoms with Crippen molar-refractivity contribution in [2.75, 3.05) is 12.0 Å². The van der Waals surface area contributed by atoms with E-state index in [1.165, 1.54) is 12.0 Å². The lowest BCUT2D eigenvalue weighted by atomic mass is 9.99. The third kappa shape index (κ3) is 3.53. The van der Waals surface area contributed by atoms with Gasteiger partial charge < -0.3 is 9.15 Å². The van der Waals surface area contributed by atoms with Gasteiger partial charge in [-0.1, -0.05) is 55.3 Å². The first-order valence-electron chi connectivity index (χ1n) is 9.71. The molecule has 0 fully saturated rings. The second-order valence-corrected chi connectivity index (χ2v) is 10.2. The zero-order valence-electron chi connectivity index (χ0n) is 17.2. The highest BCUT2D eigenvalue weighted by Crippen LogP contribution is 2.43. The summed E-state index contributed by atoms with van der Waals surface area (Å²) in [6.07, 6.45) is 0. The molecule has 0 bridgehead atoms. The Labute approximate surface area is 208 Å². The topological polar surface area (TPSA) is 89.7 Å². The van der Waals surface area contributed by atoms with Crippen LogP contribution in [0.2, 0.25) is 0 Å². The van der Waals surface area contributed by atoms with E-state index in [1.54, 1.807) is 25.1 Å². The third-order valence-electron chi connectivity index (χ3n) is 5.38. The fourth-order valence-electron chi connectivity index (χ4n) is 3.87. The maximum Gasteiger partial charge on any atom is 0.350 e. The number of carbonyl (C=O) groups is 2. The summed E-state index contributed by atoms with van der Waals surface area (Å²) < 4.78 is 12.4. The van der Waals surface area contributed by atoms with Crippen LogP contribution in [-0.4, -0.2) is 24.0 Å². The van der Waals surface area contributed by atoms with E-state index in [1.807, 2.05) is 24.3 Å². The average molecular weight is 590 g/mol. The number of carbonyl (C=O) groups excluding carboxylic acids is 2. The number of hydrogen-bond donors (Lipinski definition) is 0. The fourth-order valence-corrected chi connectivity index (χ4v) is 5.51. The summed E-state index contributed by atoms with van der Waals surface area (Å²) in [4.78, 5) is 45.5. The molecule has 1 aliphatic heterocycles. The van der Waals surface area contributed by atoms with Gasteiger partial charge in [-0.25, -0.2) is 9.78 Å². The normalized spacial score (nSPS) is 15.2. The molecule has 0 saturated heterocycles. The highest BCUT2D eigenvalue weighted by atomic mass is 79.9. The minimum atomic E-state index is -0.767. The van der Waals surface area contributed by atoms with Crippen LogP contribution < -0.4 is 10.3 Å². The zero-order valence-corrected chi connectivity index (χ0v) is 21.2. The lowest BCUT2D eigenvalue weighted by molar-refractivity contribution is 0.0605. The predicted octanol–water partition coefficient (Wildman–Crippen LogP) is 5.62. The van der Waals surface area contributed by atoms with Gasteiger partial charge in [0.2, 0.25) is 5.76 Å². The van der Waals surface area contributed by atoms with Crippen LogP contribution in [0.1, 0.15) is 43.1 Å². The molecular formula is C23H14Br2N2O5S. The molecule has 3 heterocycles. The first-order chi connectivity index (χ1) is 15.8. The lowest BCUT2D eigenvalue weighted by Gasteiger charge is -2.22. The number of fused-ring (bicyclic) bond motifs is 2. The van der Waals surface area contributed by atoms with E-state index in [4.69, 9.17) is 9.15 Å². The van der Waals surface area contributed by atoms with Gasteiger partial charge >= 0.3 is 5.97 Å². The van der Waals surface area contributed by atoms with Crippen molar-refractivity contribution >= 4 is 71.2 Å². The van der Waals surface area contributed by atoms with Crippen LogP contribution in [0.15, 0.2) is 60.6 Å². The number of amides is 1. The Morgan fingerprint density at radius 2 is 1.82 bits per heavy atom. The zero-order chi connectivity index (χ0) is 23.4. The van der Waals surface area contributed by atoms with Gasteiger partial charge in [-0.3, -0.25) is 14.5 Å². The number of methoxy groups -OCH3 is 1. The summed E-state index contributed by atoms with van der Waals surface area (Å²) in [5.41, 5.74) is 1.41. The van der Waals surface area contributed by atoms with Crippen molar-refractivity contribution in [2.45, 2.75) is 13.0 Å². The molecule has 1 aliphatic rings. The van der Waals surface area contributed by atoms with E-state index >= 15 is 0 Å². The Hall–Kier alpha value is -2.82. The van der Waals surface area contributed by atoms with E-state index in [2.05, 4.69) is 36.8 Å². The quantitative estimate of drug-likeness (QED) is 0.288. The van der Waals surface area contributed by atoms with Gasteiger partial charge in [-0.2, -0.15) is 0 Å². The molecule has 5 rings (SSSR count). The molecule has 0 aliphatic carbocycles. The Morgan fingerprint density at radius 1 is 1.12 bits per heavy atom. The Bertz CT molecular complexity index is 1510. The number of anilines is 1. The second kappa shape index (κ2) is 8.19. The number of halogens is 2. The number of aryl methyl sites for hydroxylation is 1.